The number of para-hydroxylation sites is 1. The first-order valence-electron chi connectivity index (χ1n) is 10.4. The molecule has 0 aromatic heterocycles. The number of benzene rings is 3. The van der Waals surface area contributed by atoms with Crippen LogP contribution in [0.15, 0.2) is 65.7 Å². The van der Waals surface area contributed by atoms with Crippen LogP contribution in [0.5, 0.6) is 11.5 Å². The van der Waals surface area contributed by atoms with Gasteiger partial charge in [-0.1, -0.05) is 58.4 Å². The van der Waals surface area contributed by atoms with Gasteiger partial charge >= 0.3 is 0 Å². The molecule has 32 heavy (non-hydrogen) atoms. The van der Waals surface area contributed by atoms with Gasteiger partial charge in [-0.2, -0.15) is 0 Å². The summed E-state index contributed by atoms with van der Waals surface area (Å²) in [5.41, 5.74) is 5.77. The first kappa shape index (κ1) is 22.1. The van der Waals surface area contributed by atoms with Crippen molar-refractivity contribution in [2.45, 2.75) is 24.4 Å². The molecule has 0 amide bonds. The fourth-order valence-electron chi connectivity index (χ4n) is 3.89. The van der Waals surface area contributed by atoms with Crippen molar-refractivity contribution < 1.29 is 14.3 Å². The largest absolute Gasteiger partial charge is 0.493 e. The monoisotopic (exact) mass is 492 g/mol. The van der Waals surface area contributed by atoms with Crippen LogP contribution in [-0.2, 0) is 18.4 Å². The number of aldehydes is 1. The Hall–Kier alpha value is -3.12. The highest BCUT2D eigenvalue weighted by atomic mass is 79.9. The quantitative estimate of drug-likeness (QED) is 0.228. The maximum Gasteiger partial charge on any atom is 0.163 e. The summed E-state index contributed by atoms with van der Waals surface area (Å²) in [6.07, 6.45) is 3.58. The van der Waals surface area contributed by atoms with Gasteiger partial charge in [-0.25, -0.2) is 0 Å². The van der Waals surface area contributed by atoms with E-state index in [1.54, 1.807) is 19.2 Å². The van der Waals surface area contributed by atoms with Crippen molar-refractivity contribution in [3.63, 3.8) is 0 Å². The van der Waals surface area contributed by atoms with Gasteiger partial charge in [0.05, 0.1) is 18.8 Å². The van der Waals surface area contributed by atoms with E-state index in [-0.39, 0.29) is 6.04 Å². The zero-order valence-electron chi connectivity index (χ0n) is 18.1. The molecule has 0 saturated carbocycles. The third-order valence-corrected chi connectivity index (χ3v) is 6.31. The molecular formula is C26H25BrN2O3. The molecule has 1 aliphatic heterocycles. The van der Waals surface area contributed by atoms with Gasteiger partial charge in [0.2, 0.25) is 0 Å². The SMILES string of the molecule is COc1cc(C=O)c(/N=C\C2Cc3ccccc3N2C)cc1OCc1cccc(CBr)c1. The highest BCUT2D eigenvalue weighted by Crippen LogP contribution is 2.36. The molecule has 1 unspecified atom stereocenters. The molecule has 0 fully saturated rings. The summed E-state index contributed by atoms with van der Waals surface area (Å²) in [6.45, 7) is 0.390. The highest BCUT2D eigenvalue weighted by Gasteiger charge is 2.24. The second-order valence-electron chi connectivity index (χ2n) is 7.71. The Morgan fingerprint density at radius 2 is 1.91 bits per heavy atom. The molecular weight excluding hydrogens is 468 g/mol. The summed E-state index contributed by atoms with van der Waals surface area (Å²) in [6, 6.07) is 20.1. The average Bonchev–Trinajstić information content (AvgIpc) is 3.16. The topological polar surface area (TPSA) is 51.1 Å². The molecule has 0 N–H and O–H groups in total. The van der Waals surface area contributed by atoms with Crippen molar-refractivity contribution in [3.8, 4) is 11.5 Å². The minimum absolute atomic E-state index is 0.130. The van der Waals surface area contributed by atoms with Crippen molar-refractivity contribution in [3.05, 3.63) is 82.9 Å². The van der Waals surface area contributed by atoms with Crippen LogP contribution in [0, 0.1) is 0 Å². The highest BCUT2D eigenvalue weighted by molar-refractivity contribution is 9.08. The average molecular weight is 493 g/mol. The maximum absolute atomic E-state index is 11.7. The lowest BCUT2D eigenvalue weighted by Gasteiger charge is -2.19. The molecule has 0 saturated heterocycles. The van der Waals surface area contributed by atoms with Crippen LogP contribution >= 0.6 is 15.9 Å². The predicted molar refractivity (Wildman–Crippen MR) is 132 cm³/mol. The van der Waals surface area contributed by atoms with Crippen molar-refractivity contribution in [1.82, 2.24) is 0 Å². The summed E-state index contributed by atoms with van der Waals surface area (Å²) in [5.74, 6) is 1.06. The third-order valence-electron chi connectivity index (χ3n) is 5.66. The molecule has 0 aliphatic carbocycles. The number of alkyl halides is 1. The number of hydrogen-bond donors (Lipinski definition) is 0. The summed E-state index contributed by atoms with van der Waals surface area (Å²) < 4.78 is 11.5. The first-order valence-corrected chi connectivity index (χ1v) is 11.5. The van der Waals surface area contributed by atoms with Crippen LogP contribution in [-0.4, -0.2) is 32.7 Å². The van der Waals surface area contributed by atoms with Crippen LogP contribution in [0.3, 0.4) is 0 Å². The van der Waals surface area contributed by atoms with E-state index in [0.717, 1.165) is 23.6 Å². The van der Waals surface area contributed by atoms with Crippen LogP contribution in [0.25, 0.3) is 0 Å². The summed E-state index contributed by atoms with van der Waals surface area (Å²) in [7, 11) is 3.63. The molecule has 3 aromatic carbocycles. The number of likely N-dealkylation sites (N-methyl/N-ethyl adjacent to an activating group) is 1. The fourth-order valence-corrected chi connectivity index (χ4v) is 4.24. The van der Waals surface area contributed by atoms with E-state index in [0.29, 0.717) is 29.4 Å². The zero-order valence-corrected chi connectivity index (χ0v) is 19.7. The van der Waals surface area contributed by atoms with Crippen molar-refractivity contribution in [2.24, 2.45) is 4.99 Å². The van der Waals surface area contributed by atoms with E-state index in [1.165, 1.54) is 16.8 Å². The number of carbonyl (C=O) groups is 1. The molecule has 1 aliphatic rings. The van der Waals surface area contributed by atoms with Crippen LogP contribution in [0.1, 0.15) is 27.0 Å². The Bertz CT molecular complexity index is 1150. The normalized spacial score (nSPS) is 15.1. The van der Waals surface area contributed by atoms with Gasteiger partial charge in [0.25, 0.3) is 0 Å². The Morgan fingerprint density at radius 1 is 1.09 bits per heavy atom. The van der Waals surface area contributed by atoms with Crippen LogP contribution < -0.4 is 14.4 Å². The van der Waals surface area contributed by atoms with E-state index >= 15 is 0 Å². The van der Waals surface area contributed by atoms with Crippen LogP contribution in [0.2, 0.25) is 0 Å². The van der Waals surface area contributed by atoms with E-state index in [4.69, 9.17) is 9.47 Å². The molecule has 164 valence electrons. The van der Waals surface area contributed by atoms with Gasteiger partial charge in [0.1, 0.15) is 6.61 Å². The second kappa shape index (κ2) is 10.0. The Morgan fingerprint density at radius 3 is 2.66 bits per heavy atom. The van der Waals surface area contributed by atoms with Crippen molar-refractivity contribution >= 4 is 39.8 Å². The molecule has 5 nitrogen and oxygen atoms in total. The molecule has 3 aromatic rings. The maximum atomic E-state index is 11.7. The zero-order chi connectivity index (χ0) is 22.5. The number of fused-ring (bicyclic) bond motifs is 1. The Kier molecular flexibility index (Phi) is 6.90. The van der Waals surface area contributed by atoms with Gasteiger partial charge in [0, 0.05) is 35.9 Å². The molecule has 1 atom stereocenters. The second-order valence-corrected chi connectivity index (χ2v) is 8.27. The molecule has 0 radical (unpaired) electrons. The third kappa shape index (κ3) is 4.70. The molecule has 1 heterocycles. The lowest BCUT2D eigenvalue weighted by molar-refractivity contribution is 0.112. The predicted octanol–water partition coefficient (Wildman–Crippen LogP) is 5.75. The molecule has 0 bridgehead atoms. The number of methoxy groups -OCH3 is 1. The number of aliphatic imine (C=N–C) groups is 1. The van der Waals surface area contributed by atoms with Gasteiger partial charge < -0.3 is 14.4 Å². The summed E-state index contributed by atoms with van der Waals surface area (Å²) >= 11 is 3.48. The number of carbonyl (C=O) groups excluding carboxylic acids is 1. The van der Waals surface area contributed by atoms with E-state index in [1.807, 2.05) is 24.4 Å². The number of halogens is 1. The first-order chi connectivity index (χ1) is 15.6. The van der Waals surface area contributed by atoms with Gasteiger partial charge in [0.15, 0.2) is 17.8 Å². The number of ether oxygens (including phenoxy) is 2. The summed E-state index contributed by atoms with van der Waals surface area (Å²) in [4.78, 5) is 18.6. The van der Waals surface area contributed by atoms with E-state index in [2.05, 4.69) is 63.2 Å². The number of nitrogens with zero attached hydrogens (tertiary/aromatic N) is 2. The van der Waals surface area contributed by atoms with E-state index in [9.17, 15) is 4.79 Å². The van der Waals surface area contributed by atoms with Gasteiger partial charge in [-0.15, -0.1) is 0 Å². The van der Waals surface area contributed by atoms with Gasteiger partial charge in [-0.3, -0.25) is 9.79 Å². The van der Waals surface area contributed by atoms with Gasteiger partial charge in [-0.05, 0) is 35.2 Å². The van der Waals surface area contributed by atoms with Crippen LogP contribution in [0.4, 0.5) is 11.4 Å². The lowest BCUT2D eigenvalue weighted by Crippen LogP contribution is -2.28. The standard InChI is InChI=1S/C26H25BrN2O3/c1-29-22(11-20-8-3-4-9-24(20)29)15-28-23-13-26(25(31-2)12-21(23)16-30)32-17-19-7-5-6-18(10-19)14-27/h3-10,12-13,15-16,22H,11,14,17H2,1-2H3/b28-15-. The number of rotatable bonds is 8. The molecule has 4 rings (SSSR count). The smallest absolute Gasteiger partial charge is 0.163 e. The summed E-state index contributed by atoms with van der Waals surface area (Å²) in [5, 5.41) is 0.788. The van der Waals surface area contributed by atoms with Crippen molar-refractivity contribution in [2.75, 3.05) is 19.1 Å². The molecule has 0 spiro atoms. The lowest BCUT2D eigenvalue weighted by atomic mass is 10.1. The minimum atomic E-state index is 0.130. The number of anilines is 1. The Labute approximate surface area is 196 Å². The molecule has 6 heteroatoms. The van der Waals surface area contributed by atoms with E-state index < -0.39 is 0 Å². The fraction of sp³-hybridized carbons (Fsp3) is 0.231. The number of hydrogen-bond acceptors (Lipinski definition) is 5. The van der Waals surface area contributed by atoms with Crippen molar-refractivity contribution in [1.29, 1.82) is 0 Å². The minimum Gasteiger partial charge on any atom is -0.493 e. The Balaban J connectivity index is 1.56.